The summed E-state index contributed by atoms with van der Waals surface area (Å²) >= 11 is 5.81. The van der Waals surface area contributed by atoms with Crippen molar-refractivity contribution in [3.05, 3.63) is 59.7 Å². The maximum Gasteiger partial charge on any atom is 0.0474 e. The molecule has 2 aromatic carbocycles. The van der Waals surface area contributed by atoms with Crippen molar-refractivity contribution >= 4 is 11.6 Å². The zero-order valence-corrected chi connectivity index (χ0v) is 12.3. The van der Waals surface area contributed by atoms with Crippen LogP contribution < -0.4 is 0 Å². The lowest BCUT2D eigenvalue weighted by Gasteiger charge is -2.05. The number of aryl methyl sites for hydroxylation is 1. The molecule has 0 nitrogen and oxygen atoms in total. The van der Waals surface area contributed by atoms with Crippen molar-refractivity contribution in [3.8, 4) is 11.1 Å². The van der Waals surface area contributed by atoms with Crippen LogP contribution in [0, 0.1) is 0 Å². The molecular formula is C18H21Cl. The van der Waals surface area contributed by atoms with E-state index < -0.39 is 0 Å². The molecule has 0 radical (unpaired) electrons. The lowest BCUT2D eigenvalue weighted by molar-refractivity contribution is 0.717. The molecule has 100 valence electrons. The van der Waals surface area contributed by atoms with Crippen LogP contribution in [0.25, 0.3) is 11.1 Å². The van der Waals surface area contributed by atoms with Gasteiger partial charge in [0.15, 0.2) is 0 Å². The molecule has 0 saturated heterocycles. The normalized spacial score (nSPS) is 10.6. The summed E-state index contributed by atoms with van der Waals surface area (Å²) in [6, 6.07) is 17.4. The molecule has 0 saturated carbocycles. The first-order valence-corrected chi connectivity index (χ1v) is 7.61. The van der Waals surface area contributed by atoms with Gasteiger partial charge in [-0.1, -0.05) is 68.3 Å². The quantitative estimate of drug-likeness (QED) is 0.459. The zero-order valence-electron chi connectivity index (χ0n) is 11.5. The zero-order chi connectivity index (χ0) is 13.5. The Morgan fingerprint density at radius 1 is 0.737 bits per heavy atom. The molecular weight excluding hydrogens is 252 g/mol. The third-order valence-electron chi connectivity index (χ3n) is 3.46. The van der Waals surface area contributed by atoms with Crippen LogP contribution in [0.5, 0.6) is 0 Å². The molecule has 0 aliphatic heterocycles. The molecule has 1 heteroatoms. The van der Waals surface area contributed by atoms with Crippen LogP contribution in [0.3, 0.4) is 0 Å². The smallest absolute Gasteiger partial charge is 0.0474 e. The Kier molecular flexibility index (Phi) is 5.47. The minimum absolute atomic E-state index is 0.580. The van der Waals surface area contributed by atoms with Gasteiger partial charge in [-0.05, 0) is 35.1 Å². The van der Waals surface area contributed by atoms with Crippen LogP contribution in [-0.2, 0) is 12.3 Å². The van der Waals surface area contributed by atoms with Gasteiger partial charge in [0.25, 0.3) is 0 Å². The Labute approximate surface area is 121 Å². The summed E-state index contributed by atoms with van der Waals surface area (Å²) in [5.41, 5.74) is 5.14. The van der Waals surface area contributed by atoms with Crippen molar-refractivity contribution in [3.63, 3.8) is 0 Å². The van der Waals surface area contributed by atoms with Crippen LogP contribution in [-0.4, -0.2) is 0 Å². The molecule has 0 unspecified atom stereocenters. The maximum atomic E-state index is 5.81. The molecule has 0 spiro atoms. The van der Waals surface area contributed by atoms with Crippen LogP contribution in [0.15, 0.2) is 48.5 Å². The minimum Gasteiger partial charge on any atom is -0.122 e. The first kappa shape index (κ1) is 14.1. The Bertz CT molecular complexity index is 482. The molecule has 0 aliphatic rings. The van der Waals surface area contributed by atoms with Crippen molar-refractivity contribution in [2.24, 2.45) is 0 Å². The van der Waals surface area contributed by atoms with Crippen molar-refractivity contribution in [1.29, 1.82) is 0 Å². The highest BCUT2D eigenvalue weighted by Gasteiger charge is 1.99. The second kappa shape index (κ2) is 7.35. The monoisotopic (exact) mass is 272 g/mol. The molecule has 0 amide bonds. The fraction of sp³-hybridized carbons (Fsp3) is 0.333. The Morgan fingerprint density at radius 2 is 1.26 bits per heavy atom. The third-order valence-corrected chi connectivity index (χ3v) is 3.77. The summed E-state index contributed by atoms with van der Waals surface area (Å²) < 4.78 is 0. The molecule has 0 atom stereocenters. The topological polar surface area (TPSA) is 0 Å². The highest BCUT2D eigenvalue weighted by molar-refractivity contribution is 6.17. The van der Waals surface area contributed by atoms with Crippen LogP contribution in [0.1, 0.15) is 37.3 Å². The molecule has 19 heavy (non-hydrogen) atoms. The minimum atomic E-state index is 0.580. The van der Waals surface area contributed by atoms with Crippen molar-refractivity contribution < 1.29 is 0 Å². The Balaban J connectivity index is 2.04. The van der Waals surface area contributed by atoms with Gasteiger partial charge >= 0.3 is 0 Å². The molecule has 0 aromatic heterocycles. The number of unbranched alkanes of at least 4 members (excludes halogenated alkanes) is 2. The third kappa shape index (κ3) is 4.11. The number of rotatable bonds is 6. The molecule has 0 N–H and O–H groups in total. The van der Waals surface area contributed by atoms with E-state index in [0.29, 0.717) is 5.88 Å². The fourth-order valence-corrected chi connectivity index (χ4v) is 2.41. The fourth-order valence-electron chi connectivity index (χ4n) is 2.23. The first-order valence-electron chi connectivity index (χ1n) is 7.07. The predicted octanol–water partition coefficient (Wildman–Crippen LogP) is 5.83. The number of benzene rings is 2. The van der Waals surface area contributed by atoms with Gasteiger partial charge in [0, 0.05) is 5.88 Å². The van der Waals surface area contributed by atoms with Gasteiger partial charge in [0.2, 0.25) is 0 Å². The Hall–Kier alpha value is -1.27. The summed E-state index contributed by atoms with van der Waals surface area (Å²) in [6.07, 6.45) is 5.09. The number of hydrogen-bond acceptors (Lipinski definition) is 0. The van der Waals surface area contributed by atoms with Crippen molar-refractivity contribution in [1.82, 2.24) is 0 Å². The van der Waals surface area contributed by atoms with Gasteiger partial charge < -0.3 is 0 Å². The van der Waals surface area contributed by atoms with Gasteiger partial charge in [-0.15, -0.1) is 11.6 Å². The van der Waals surface area contributed by atoms with Crippen molar-refractivity contribution in [2.45, 2.75) is 38.5 Å². The average Bonchev–Trinajstić information content (AvgIpc) is 2.48. The van der Waals surface area contributed by atoms with E-state index in [-0.39, 0.29) is 0 Å². The number of hydrogen-bond donors (Lipinski definition) is 0. The lowest BCUT2D eigenvalue weighted by Crippen LogP contribution is -1.86. The highest BCUT2D eigenvalue weighted by Crippen LogP contribution is 2.21. The maximum absolute atomic E-state index is 5.81. The summed E-state index contributed by atoms with van der Waals surface area (Å²) in [7, 11) is 0. The molecule has 0 heterocycles. The van der Waals surface area contributed by atoms with Crippen LogP contribution in [0.4, 0.5) is 0 Å². The lowest BCUT2D eigenvalue weighted by atomic mass is 10.0. The molecule has 0 aliphatic carbocycles. The van der Waals surface area contributed by atoms with Crippen LogP contribution in [0.2, 0.25) is 0 Å². The van der Waals surface area contributed by atoms with Crippen LogP contribution >= 0.6 is 11.6 Å². The molecule has 2 rings (SSSR count). The standard InChI is InChI=1S/C18H21Cl/c1-2-3-4-5-15-6-10-17(11-7-15)18-12-8-16(14-19)9-13-18/h6-13H,2-5,14H2,1H3. The molecule has 2 aromatic rings. The van der Waals surface area contributed by atoms with E-state index in [1.54, 1.807) is 0 Å². The van der Waals surface area contributed by atoms with E-state index in [2.05, 4.69) is 55.5 Å². The summed E-state index contributed by atoms with van der Waals surface area (Å²) in [6.45, 7) is 2.24. The van der Waals surface area contributed by atoms with Gasteiger partial charge in [0.1, 0.15) is 0 Å². The number of halogens is 1. The Morgan fingerprint density at radius 3 is 1.74 bits per heavy atom. The molecule has 0 fully saturated rings. The summed E-state index contributed by atoms with van der Waals surface area (Å²) in [5.74, 6) is 0.580. The van der Waals surface area contributed by atoms with Gasteiger partial charge in [0.05, 0.1) is 0 Å². The largest absolute Gasteiger partial charge is 0.122 e. The molecule has 0 bridgehead atoms. The van der Waals surface area contributed by atoms with E-state index in [9.17, 15) is 0 Å². The van der Waals surface area contributed by atoms with Gasteiger partial charge in [-0.2, -0.15) is 0 Å². The van der Waals surface area contributed by atoms with E-state index in [0.717, 1.165) is 0 Å². The number of alkyl halides is 1. The highest BCUT2D eigenvalue weighted by atomic mass is 35.5. The van der Waals surface area contributed by atoms with Crippen molar-refractivity contribution in [2.75, 3.05) is 0 Å². The average molecular weight is 273 g/mol. The second-order valence-electron chi connectivity index (χ2n) is 4.98. The summed E-state index contributed by atoms with van der Waals surface area (Å²) in [4.78, 5) is 0. The van der Waals surface area contributed by atoms with E-state index in [1.807, 2.05) is 0 Å². The van der Waals surface area contributed by atoms with E-state index in [4.69, 9.17) is 11.6 Å². The van der Waals surface area contributed by atoms with E-state index >= 15 is 0 Å². The first-order chi connectivity index (χ1) is 9.33. The SMILES string of the molecule is CCCCCc1ccc(-c2ccc(CCl)cc2)cc1. The second-order valence-corrected chi connectivity index (χ2v) is 5.25. The summed E-state index contributed by atoms with van der Waals surface area (Å²) in [5, 5.41) is 0. The van der Waals surface area contributed by atoms with Gasteiger partial charge in [-0.25, -0.2) is 0 Å². The van der Waals surface area contributed by atoms with E-state index in [1.165, 1.54) is 47.9 Å². The predicted molar refractivity (Wildman–Crippen MR) is 84.7 cm³/mol. The van der Waals surface area contributed by atoms with Gasteiger partial charge in [-0.3, -0.25) is 0 Å².